The Morgan fingerprint density at radius 3 is 1.03 bits per heavy atom. The molecule has 0 saturated heterocycles. The van der Waals surface area contributed by atoms with E-state index in [0.717, 1.165) is 10.8 Å². The Morgan fingerprint density at radius 1 is 0.212 bits per heavy atom. The van der Waals surface area contributed by atoms with Crippen LogP contribution < -0.4 is 0 Å². The third-order valence-corrected chi connectivity index (χ3v) is 15.9. The number of benzene rings is 13. The molecule has 0 aromatic heterocycles. The van der Waals surface area contributed by atoms with E-state index in [1.165, 1.54) is 162 Å². The summed E-state index contributed by atoms with van der Waals surface area (Å²) < 4.78 is 0. The molecule has 17 aromatic rings. The predicted octanol–water partition coefficient (Wildman–Crippen LogP) is 18.9. The molecule has 0 fully saturated rings. The second kappa shape index (κ2) is 11.5. The van der Waals surface area contributed by atoms with Crippen molar-refractivity contribution in [3.8, 4) is 22.3 Å². The zero-order valence-corrected chi connectivity index (χ0v) is 35.3. The molecule has 0 saturated carbocycles. The van der Waals surface area contributed by atoms with Crippen LogP contribution in [-0.2, 0) is 0 Å². The van der Waals surface area contributed by atoms with Crippen LogP contribution in [-0.4, -0.2) is 0 Å². The van der Waals surface area contributed by atoms with Crippen LogP contribution in [0.15, 0.2) is 188 Å². The van der Waals surface area contributed by atoms with E-state index >= 15 is 0 Å². The second-order valence-electron chi connectivity index (χ2n) is 18.7. The van der Waals surface area contributed by atoms with Crippen LogP contribution in [0, 0.1) is 6.57 Å². The average molecular weight is 826 g/mol. The van der Waals surface area contributed by atoms with Crippen LogP contribution in [0.1, 0.15) is 0 Å². The Balaban J connectivity index is 1.09. The van der Waals surface area contributed by atoms with Crippen molar-refractivity contribution in [1.82, 2.24) is 0 Å². The van der Waals surface area contributed by atoms with E-state index in [-0.39, 0.29) is 0 Å². The average Bonchev–Trinajstić information content (AvgIpc) is 4.11. The SMILES string of the molecule is [C-]#[N+]c1cc2c(-c3ccccc3)c3c4ccc5c6ccc7c8c(ccc(c9ccc(c4c59)c3c3c4ccccc4c(c1)c23)c68)c1c(-c2ccccc2)c2cccc3c4ccccc4c(c23)c71. The first-order valence-electron chi connectivity index (χ1n) is 23.0. The summed E-state index contributed by atoms with van der Waals surface area (Å²) in [6.07, 6.45) is 0. The van der Waals surface area contributed by atoms with Crippen molar-refractivity contribution in [2.24, 2.45) is 0 Å². The lowest BCUT2D eigenvalue weighted by molar-refractivity contribution is 1.69. The smallest absolute Gasteiger partial charge is 0.188 e. The molecule has 1 nitrogen and oxygen atoms in total. The van der Waals surface area contributed by atoms with Gasteiger partial charge in [-0.25, -0.2) is 4.85 Å². The Labute approximate surface area is 376 Å². The van der Waals surface area contributed by atoms with E-state index < -0.39 is 0 Å². The molecule has 0 aliphatic rings. The molecule has 0 bridgehead atoms. The van der Waals surface area contributed by atoms with Crippen molar-refractivity contribution in [3.05, 3.63) is 199 Å². The minimum absolute atomic E-state index is 0.676. The van der Waals surface area contributed by atoms with Crippen LogP contribution in [0.4, 0.5) is 5.69 Å². The monoisotopic (exact) mass is 825 g/mol. The van der Waals surface area contributed by atoms with E-state index in [1.54, 1.807) is 0 Å². The Kier molecular flexibility index (Phi) is 5.85. The minimum atomic E-state index is 0.676. The van der Waals surface area contributed by atoms with Crippen molar-refractivity contribution in [1.29, 1.82) is 0 Å². The molecule has 17 rings (SSSR count). The predicted molar refractivity (Wildman–Crippen MR) is 285 cm³/mol. The van der Waals surface area contributed by atoms with Crippen molar-refractivity contribution in [2.75, 3.05) is 0 Å². The molecule has 66 heavy (non-hydrogen) atoms. The molecule has 0 spiro atoms. The molecule has 296 valence electrons. The summed E-state index contributed by atoms with van der Waals surface area (Å²) in [5.74, 6) is 0. The van der Waals surface area contributed by atoms with Gasteiger partial charge in [0.2, 0.25) is 0 Å². The van der Waals surface area contributed by atoms with E-state index in [2.05, 4.69) is 193 Å². The summed E-state index contributed by atoms with van der Waals surface area (Å²) in [5, 5.41) is 36.5. The van der Waals surface area contributed by atoms with Crippen molar-refractivity contribution < 1.29 is 0 Å². The van der Waals surface area contributed by atoms with E-state index in [4.69, 9.17) is 6.57 Å². The van der Waals surface area contributed by atoms with E-state index in [0.29, 0.717) is 5.69 Å². The molecule has 0 atom stereocenters. The second-order valence-corrected chi connectivity index (χ2v) is 18.7. The highest BCUT2D eigenvalue weighted by molar-refractivity contribution is 6.54. The lowest BCUT2D eigenvalue weighted by atomic mass is 9.87. The number of rotatable bonds is 2. The normalized spacial score (nSPS) is 12.8. The number of hydrogen-bond acceptors (Lipinski definition) is 0. The number of nitrogens with zero attached hydrogens (tertiary/aromatic N) is 1. The fraction of sp³-hybridized carbons (Fsp3) is 0. The molecular formula is C65H31N. The van der Waals surface area contributed by atoms with Gasteiger partial charge in [0.1, 0.15) is 0 Å². The Hall–Kier alpha value is -8.83. The lowest BCUT2D eigenvalue weighted by Gasteiger charge is -2.15. The summed E-state index contributed by atoms with van der Waals surface area (Å²) in [6, 6.07) is 70.5. The van der Waals surface area contributed by atoms with Crippen LogP contribution in [0.2, 0.25) is 0 Å². The van der Waals surface area contributed by atoms with E-state index in [1.807, 2.05) is 0 Å². The van der Waals surface area contributed by atoms with Gasteiger partial charge in [-0.1, -0.05) is 176 Å². The van der Waals surface area contributed by atoms with Gasteiger partial charge in [0.05, 0.1) is 6.57 Å². The van der Waals surface area contributed by atoms with Gasteiger partial charge in [0.25, 0.3) is 0 Å². The molecule has 0 aliphatic carbocycles. The number of hydrogen-bond donors (Lipinski definition) is 0. The highest BCUT2D eigenvalue weighted by atomic mass is 14.6. The highest BCUT2D eigenvalue weighted by Crippen LogP contribution is 2.58. The summed E-state index contributed by atoms with van der Waals surface area (Å²) >= 11 is 0. The fourth-order valence-electron chi connectivity index (χ4n) is 13.7. The maximum Gasteiger partial charge on any atom is 0.188 e. The summed E-state index contributed by atoms with van der Waals surface area (Å²) in [6.45, 7) is 8.23. The van der Waals surface area contributed by atoms with Gasteiger partial charge in [-0.3, -0.25) is 0 Å². The maximum atomic E-state index is 8.23. The van der Waals surface area contributed by atoms with E-state index in [9.17, 15) is 0 Å². The molecule has 0 radical (unpaired) electrons. The Bertz CT molecular complexity index is 5000. The van der Waals surface area contributed by atoms with Gasteiger partial charge in [-0.2, -0.15) is 0 Å². The molecular weight excluding hydrogens is 795 g/mol. The fourth-order valence-corrected chi connectivity index (χ4v) is 13.7. The first-order chi connectivity index (χ1) is 32.8. The van der Waals surface area contributed by atoms with Gasteiger partial charge in [0, 0.05) is 0 Å². The largest absolute Gasteiger partial charge is 0.238 e. The molecule has 17 aromatic carbocycles. The first kappa shape index (κ1) is 33.7. The Morgan fingerprint density at radius 2 is 0.515 bits per heavy atom. The molecule has 0 aliphatic heterocycles. The molecule has 0 N–H and O–H groups in total. The number of fused-ring (bicyclic) bond motifs is 16. The van der Waals surface area contributed by atoms with Crippen LogP contribution in [0.5, 0.6) is 0 Å². The standard InChI is InChI=1S/C65H31N/c1-66-35-31-50-37-18-9-11-20-40(37)61-59(50)51(32-35)53(34-15-6-3-7-16-34)63-47-28-24-42-43-25-29-48-57-46(27-23-41(54(43)57)44-26-30-49(65(61)63)58(47)55(42)44)62-52(33-13-4-2-5-14-33)45-22-12-21-38-36-17-8-10-19-39(36)60(56(38)45)64(48)62/h2-32H. The van der Waals surface area contributed by atoms with Gasteiger partial charge >= 0.3 is 0 Å². The third kappa shape index (κ3) is 3.70. The summed E-state index contributed by atoms with van der Waals surface area (Å²) in [4.78, 5) is 4.05. The summed E-state index contributed by atoms with van der Waals surface area (Å²) in [5.41, 5.74) is 5.65. The minimum Gasteiger partial charge on any atom is -0.238 e. The zero-order chi connectivity index (χ0) is 42.7. The zero-order valence-electron chi connectivity index (χ0n) is 35.3. The van der Waals surface area contributed by atoms with Crippen LogP contribution in [0.25, 0.3) is 178 Å². The topological polar surface area (TPSA) is 4.36 Å². The molecule has 1 heteroatoms. The van der Waals surface area contributed by atoms with Crippen molar-refractivity contribution >= 4 is 157 Å². The van der Waals surface area contributed by atoms with Crippen LogP contribution in [0.3, 0.4) is 0 Å². The third-order valence-electron chi connectivity index (χ3n) is 15.9. The van der Waals surface area contributed by atoms with Crippen LogP contribution >= 0.6 is 0 Å². The highest BCUT2D eigenvalue weighted by Gasteiger charge is 2.29. The first-order valence-corrected chi connectivity index (χ1v) is 23.0. The van der Waals surface area contributed by atoms with Crippen molar-refractivity contribution in [2.45, 2.75) is 0 Å². The van der Waals surface area contributed by atoms with Crippen molar-refractivity contribution in [3.63, 3.8) is 0 Å². The van der Waals surface area contributed by atoms with Gasteiger partial charge in [0.15, 0.2) is 5.69 Å². The van der Waals surface area contributed by atoms with Gasteiger partial charge in [-0.05, 0) is 185 Å². The lowest BCUT2D eigenvalue weighted by Crippen LogP contribution is -1.87. The maximum absolute atomic E-state index is 8.23. The molecule has 0 amide bonds. The van der Waals surface area contributed by atoms with Gasteiger partial charge < -0.3 is 0 Å². The molecule has 0 heterocycles. The van der Waals surface area contributed by atoms with Gasteiger partial charge in [-0.15, -0.1) is 0 Å². The summed E-state index contributed by atoms with van der Waals surface area (Å²) in [7, 11) is 0. The quantitative estimate of drug-likeness (QED) is 0.0929. The molecule has 0 unspecified atom stereocenters.